The van der Waals surface area contributed by atoms with Gasteiger partial charge in [0.05, 0.1) is 11.3 Å². The summed E-state index contributed by atoms with van der Waals surface area (Å²) in [4.78, 5) is 16.7. The summed E-state index contributed by atoms with van der Waals surface area (Å²) in [6.45, 7) is 6.44. The number of carbonyl (C=O) groups excluding carboxylic acids is 1. The number of hydrogen-bond acceptors (Lipinski definition) is 3. The third-order valence-electron chi connectivity index (χ3n) is 4.30. The maximum Gasteiger partial charge on any atom is 0.255 e. The number of pyridine rings is 1. The van der Waals surface area contributed by atoms with E-state index < -0.39 is 0 Å². The van der Waals surface area contributed by atoms with E-state index in [1.54, 1.807) is 6.20 Å². The summed E-state index contributed by atoms with van der Waals surface area (Å²) in [6, 6.07) is 2.19. The molecule has 1 aliphatic carbocycles. The van der Waals surface area contributed by atoms with Crippen molar-refractivity contribution in [3.8, 4) is 0 Å². The van der Waals surface area contributed by atoms with Crippen LogP contribution in [0.15, 0.2) is 12.3 Å². The van der Waals surface area contributed by atoms with E-state index in [1.807, 2.05) is 20.0 Å². The van der Waals surface area contributed by atoms with Gasteiger partial charge in [0.1, 0.15) is 0 Å². The van der Waals surface area contributed by atoms with E-state index in [9.17, 15) is 4.79 Å². The molecule has 3 atom stereocenters. The summed E-state index contributed by atoms with van der Waals surface area (Å²) in [5.41, 5.74) is 2.38. The highest BCUT2D eigenvalue weighted by Gasteiger charge is 2.27. The quantitative estimate of drug-likeness (QED) is 0.891. The lowest BCUT2D eigenvalue weighted by atomic mass is 9.80. The molecule has 0 spiro atoms. The van der Waals surface area contributed by atoms with Crippen LogP contribution >= 0.6 is 0 Å². The molecule has 1 heterocycles. The maximum atomic E-state index is 12.4. The Balaban J connectivity index is 2.08. The lowest BCUT2D eigenvalue weighted by Gasteiger charge is -2.33. The molecule has 2 N–H and O–H groups in total. The number of nitrogens with zero attached hydrogens (tertiary/aromatic N) is 1. The lowest BCUT2D eigenvalue weighted by molar-refractivity contribution is 0.0900. The summed E-state index contributed by atoms with van der Waals surface area (Å²) < 4.78 is 0. The summed E-state index contributed by atoms with van der Waals surface area (Å²) >= 11 is 0. The van der Waals surface area contributed by atoms with Gasteiger partial charge >= 0.3 is 0 Å². The average molecular weight is 275 g/mol. The number of nitrogens with one attached hydrogen (secondary N) is 2. The van der Waals surface area contributed by atoms with E-state index in [4.69, 9.17) is 0 Å². The minimum Gasteiger partial charge on any atom is -0.387 e. The van der Waals surface area contributed by atoms with Crippen molar-refractivity contribution < 1.29 is 4.79 Å². The van der Waals surface area contributed by atoms with Crippen molar-refractivity contribution >= 4 is 11.6 Å². The molecule has 1 aliphatic rings. The van der Waals surface area contributed by atoms with E-state index in [0.717, 1.165) is 23.7 Å². The highest BCUT2D eigenvalue weighted by molar-refractivity contribution is 5.99. The molecule has 1 aromatic rings. The standard InChI is InChI=1S/C16H25N3O/c1-10-5-6-14(11(2)7-10)19-16(20)13-9-18-12(3)8-15(13)17-4/h8-11,14H,5-7H2,1-4H3,(H,17,18)(H,19,20). The normalized spacial score (nSPS) is 26.1. The molecule has 4 nitrogen and oxygen atoms in total. The van der Waals surface area contributed by atoms with Crippen LogP contribution < -0.4 is 10.6 Å². The van der Waals surface area contributed by atoms with Gasteiger partial charge in [-0.15, -0.1) is 0 Å². The Morgan fingerprint density at radius 1 is 1.35 bits per heavy atom. The average Bonchev–Trinajstić information content (AvgIpc) is 2.41. The predicted molar refractivity (Wildman–Crippen MR) is 82.0 cm³/mol. The highest BCUT2D eigenvalue weighted by atomic mass is 16.1. The lowest BCUT2D eigenvalue weighted by Crippen LogP contribution is -2.42. The van der Waals surface area contributed by atoms with Gasteiger partial charge in [-0.1, -0.05) is 13.8 Å². The maximum absolute atomic E-state index is 12.4. The molecule has 0 aromatic carbocycles. The molecule has 0 aliphatic heterocycles. The van der Waals surface area contributed by atoms with Crippen LogP contribution in [0, 0.1) is 18.8 Å². The van der Waals surface area contributed by atoms with E-state index in [-0.39, 0.29) is 11.9 Å². The third-order valence-corrected chi connectivity index (χ3v) is 4.30. The Hall–Kier alpha value is -1.58. The fourth-order valence-corrected chi connectivity index (χ4v) is 3.07. The van der Waals surface area contributed by atoms with Gasteiger partial charge in [-0.2, -0.15) is 0 Å². The second kappa shape index (κ2) is 6.25. The number of amides is 1. The van der Waals surface area contributed by atoms with E-state index >= 15 is 0 Å². The predicted octanol–water partition coefficient (Wildman–Crippen LogP) is 2.99. The van der Waals surface area contributed by atoms with Crippen LogP contribution in [0.5, 0.6) is 0 Å². The molecule has 0 radical (unpaired) electrons. The molecular formula is C16H25N3O. The van der Waals surface area contributed by atoms with Crippen molar-refractivity contribution in [2.24, 2.45) is 11.8 Å². The molecule has 110 valence electrons. The number of anilines is 1. The Morgan fingerprint density at radius 2 is 2.10 bits per heavy atom. The van der Waals surface area contributed by atoms with Gasteiger partial charge in [0.25, 0.3) is 5.91 Å². The second-order valence-corrected chi connectivity index (χ2v) is 6.10. The van der Waals surface area contributed by atoms with Gasteiger partial charge < -0.3 is 10.6 Å². The second-order valence-electron chi connectivity index (χ2n) is 6.10. The number of aryl methyl sites for hydroxylation is 1. The molecule has 20 heavy (non-hydrogen) atoms. The van der Waals surface area contributed by atoms with Gasteiger partial charge in [0.15, 0.2) is 0 Å². The smallest absolute Gasteiger partial charge is 0.255 e. The van der Waals surface area contributed by atoms with Crippen LogP contribution in [0.2, 0.25) is 0 Å². The van der Waals surface area contributed by atoms with Gasteiger partial charge in [-0.3, -0.25) is 9.78 Å². The Kier molecular flexibility index (Phi) is 4.63. The molecule has 1 saturated carbocycles. The molecule has 3 unspecified atom stereocenters. The first-order valence-corrected chi connectivity index (χ1v) is 7.46. The van der Waals surface area contributed by atoms with Crippen LogP contribution in [0.3, 0.4) is 0 Å². The topological polar surface area (TPSA) is 54.0 Å². The van der Waals surface area contributed by atoms with Crippen LogP contribution in [0.25, 0.3) is 0 Å². The summed E-state index contributed by atoms with van der Waals surface area (Å²) in [5.74, 6) is 1.29. The number of rotatable bonds is 3. The SMILES string of the molecule is CNc1cc(C)ncc1C(=O)NC1CCC(C)CC1C. The molecule has 1 amide bonds. The van der Waals surface area contributed by atoms with Crippen molar-refractivity contribution in [2.75, 3.05) is 12.4 Å². The van der Waals surface area contributed by atoms with Crippen LogP contribution in [0.4, 0.5) is 5.69 Å². The molecule has 1 aromatic heterocycles. The van der Waals surface area contributed by atoms with E-state index in [0.29, 0.717) is 11.5 Å². The van der Waals surface area contributed by atoms with Crippen molar-refractivity contribution in [1.82, 2.24) is 10.3 Å². The number of carbonyl (C=O) groups is 1. The zero-order chi connectivity index (χ0) is 14.7. The van der Waals surface area contributed by atoms with Crippen LogP contribution in [-0.2, 0) is 0 Å². The molecule has 2 rings (SSSR count). The third kappa shape index (κ3) is 3.30. The minimum atomic E-state index is -0.0201. The first kappa shape index (κ1) is 14.8. The Morgan fingerprint density at radius 3 is 2.75 bits per heavy atom. The van der Waals surface area contributed by atoms with Crippen molar-refractivity contribution in [2.45, 2.75) is 46.1 Å². The molecular weight excluding hydrogens is 250 g/mol. The monoisotopic (exact) mass is 275 g/mol. The largest absolute Gasteiger partial charge is 0.387 e. The summed E-state index contributed by atoms with van der Waals surface area (Å²) in [7, 11) is 1.83. The fourth-order valence-electron chi connectivity index (χ4n) is 3.07. The Bertz CT molecular complexity index is 487. The summed E-state index contributed by atoms with van der Waals surface area (Å²) in [6.07, 6.45) is 5.12. The van der Waals surface area contributed by atoms with Crippen LogP contribution in [-0.4, -0.2) is 24.0 Å². The summed E-state index contributed by atoms with van der Waals surface area (Å²) in [5, 5.41) is 6.25. The first-order chi connectivity index (χ1) is 9.51. The molecule has 0 saturated heterocycles. The van der Waals surface area contributed by atoms with E-state index in [2.05, 4.69) is 29.5 Å². The van der Waals surface area contributed by atoms with Gasteiger partial charge in [0, 0.05) is 25.0 Å². The van der Waals surface area contributed by atoms with Gasteiger partial charge in [-0.05, 0) is 44.1 Å². The van der Waals surface area contributed by atoms with Crippen molar-refractivity contribution in [3.63, 3.8) is 0 Å². The zero-order valence-electron chi connectivity index (χ0n) is 12.9. The minimum absolute atomic E-state index is 0.0201. The molecule has 4 heteroatoms. The number of hydrogen-bond donors (Lipinski definition) is 2. The van der Waals surface area contributed by atoms with E-state index in [1.165, 1.54) is 12.8 Å². The van der Waals surface area contributed by atoms with Gasteiger partial charge in [0.2, 0.25) is 0 Å². The Labute approximate surface area is 121 Å². The highest BCUT2D eigenvalue weighted by Crippen LogP contribution is 2.29. The van der Waals surface area contributed by atoms with Gasteiger partial charge in [-0.25, -0.2) is 0 Å². The molecule has 1 fully saturated rings. The van der Waals surface area contributed by atoms with Crippen molar-refractivity contribution in [3.05, 3.63) is 23.5 Å². The zero-order valence-corrected chi connectivity index (χ0v) is 12.9. The number of aromatic nitrogens is 1. The fraction of sp³-hybridized carbons (Fsp3) is 0.625. The van der Waals surface area contributed by atoms with Crippen molar-refractivity contribution in [1.29, 1.82) is 0 Å². The molecule has 0 bridgehead atoms. The first-order valence-electron chi connectivity index (χ1n) is 7.46. The van der Waals surface area contributed by atoms with Crippen LogP contribution in [0.1, 0.15) is 49.2 Å².